The lowest BCUT2D eigenvalue weighted by Crippen LogP contribution is -2.39. The fraction of sp³-hybridized carbons (Fsp3) is 1.00. The van der Waals surface area contributed by atoms with Crippen LogP contribution in [-0.4, -0.2) is 23.8 Å². The van der Waals surface area contributed by atoms with E-state index in [1.807, 2.05) is 0 Å². The molecule has 3 rings (SSSR count). The third-order valence-corrected chi connectivity index (χ3v) is 4.55. The fourth-order valence-electron chi connectivity index (χ4n) is 3.23. The van der Waals surface area contributed by atoms with E-state index in [1.165, 1.54) is 45.1 Å². The second-order valence-corrected chi connectivity index (χ2v) is 5.85. The molecular weight excluding hydrogens is 186 g/mol. The van der Waals surface area contributed by atoms with Gasteiger partial charge in [-0.3, -0.25) is 0 Å². The maximum Gasteiger partial charge on any atom is 0.0693 e. The van der Waals surface area contributed by atoms with Crippen LogP contribution in [0.1, 0.15) is 44.9 Å². The van der Waals surface area contributed by atoms with E-state index in [0.29, 0.717) is 6.04 Å². The molecule has 0 aromatic heterocycles. The lowest BCUT2D eigenvalue weighted by atomic mass is 9.97. The molecule has 3 fully saturated rings. The molecule has 0 spiro atoms. The van der Waals surface area contributed by atoms with Crippen LogP contribution in [0.15, 0.2) is 0 Å². The van der Waals surface area contributed by atoms with Crippen LogP contribution in [0.5, 0.6) is 0 Å². The zero-order valence-corrected chi connectivity index (χ0v) is 9.49. The highest BCUT2D eigenvalue weighted by Crippen LogP contribution is 2.48. The van der Waals surface area contributed by atoms with E-state index in [9.17, 15) is 5.11 Å². The molecule has 2 nitrogen and oxygen atoms in total. The van der Waals surface area contributed by atoms with E-state index in [2.05, 4.69) is 5.32 Å². The Labute approximate surface area is 92.4 Å². The molecule has 0 bridgehead atoms. The van der Waals surface area contributed by atoms with Crippen molar-refractivity contribution in [3.8, 4) is 0 Å². The van der Waals surface area contributed by atoms with Crippen molar-refractivity contribution in [1.29, 1.82) is 0 Å². The van der Waals surface area contributed by atoms with Gasteiger partial charge in [-0.15, -0.1) is 0 Å². The van der Waals surface area contributed by atoms with Gasteiger partial charge in [0.2, 0.25) is 0 Å². The Bertz CT molecular complexity index is 211. The summed E-state index contributed by atoms with van der Waals surface area (Å²) in [6.45, 7) is 1.18. The highest BCUT2D eigenvalue weighted by atomic mass is 16.3. The van der Waals surface area contributed by atoms with Gasteiger partial charge in [0.1, 0.15) is 0 Å². The molecule has 0 aromatic rings. The fourth-order valence-corrected chi connectivity index (χ4v) is 3.23. The van der Waals surface area contributed by atoms with E-state index in [0.717, 1.165) is 24.2 Å². The van der Waals surface area contributed by atoms with Gasteiger partial charge in [-0.1, -0.05) is 0 Å². The van der Waals surface area contributed by atoms with Crippen LogP contribution in [0.2, 0.25) is 0 Å². The summed E-state index contributed by atoms with van der Waals surface area (Å²) in [6.07, 6.45) is 9.21. The molecule has 0 heterocycles. The van der Waals surface area contributed by atoms with Crippen LogP contribution in [0.4, 0.5) is 0 Å². The number of aliphatic hydroxyl groups is 1. The summed E-state index contributed by atoms with van der Waals surface area (Å²) >= 11 is 0. The number of hydrogen-bond donors (Lipinski definition) is 2. The highest BCUT2D eigenvalue weighted by Gasteiger charge is 2.41. The monoisotopic (exact) mass is 209 g/mol. The number of nitrogens with one attached hydrogen (secondary N) is 1. The average Bonchev–Trinajstić information content (AvgIpc) is 3.11. The van der Waals surface area contributed by atoms with Crippen molar-refractivity contribution in [2.75, 3.05) is 6.54 Å². The summed E-state index contributed by atoms with van der Waals surface area (Å²) in [5.41, 5.74) is 0. The molecular formula is C13H23NO. The molecule has 86 valence electrons. The van der Waals surface area contributed by atoms with E-state index in [-0.39, 0.29) is 6.10 Å². The Morgan fingerprint density at radius 1 is 1.00 bits per heavy atom. The third-order valence-electron chi connectivity index (χ3n) is 4.55. The summed E-state index contributed by atoms with van der Waals surface area (Å²) in [4.78, 5) is 0. The molecule has 2 N–H and O–H groups in total. The molecule has 2 heteroatoms. The van der Waals surface area contributed by atoms with Crippen molar-refractivity contribution >= 4 is 0 Å². The van der Waals surface area contributed by atoms with Gasteiger partial charge in [0.15, 0.2) is 0 Å². The summed E-state index contributed by atoms with van der Waals surface area (Å²) in [5.74, 6) is 3.00. The van der Waals surface area contributed by atoms with Crippen molar-refractivity contribution in [2.24, 2.45) is 17.8 Å². The number of rotatable bonds is 5. The van der Waals surface area contributed by atoms with Gasteiger partial charge >= 0.3 is 0 Å². The SMILES string of the molecule is OC1CCCC1NCC(C1CC1)C1CC1. The number of hydrogen-bond acceptors (Lipinski definition) is 2. The summed E-state index contributed by atoms with van der Waals surface area (Å²) in [7, 11) is 0. The maximum absolute atomic E-state index is 9.75. The molecule has 0 amide bonds. The smallest absolute Gasteiger partial charge is 0.0693 e. The predicted molar refractivity (Wildman–Crippen MR) is 60.6 cm³/mol. The van der Waals surface area contributed by atoms with Crippen LogP contribution < -0.4 is 5.32 Å². The lowest BCUT2D eigenvalue weighted by Gasteiger charge is -2.22. The first-order chi connectivity index (χ1) is 7.34. The molecule has 0 radical (unpaired) electrons. The molecule has 2 atom stereocenters. The van der Waals surface area contributed by atoms with Crippen LogP contribution in [0.3, 0.4) is 0 Å². The standard InChI is InChI=1S/C13H23NO/c15-13-3-1-2-12(13)14-8-11(9-4-5-9)10-6-7-10/h9-15H,1-8H2. The Kier molecular flexibility index (Phi) is 2.73. The molecule has 15 heavy (non-hydrogen) atoms. The van der Waals surface area contributed by atoms with Crippen molar-refractivity contribution in [3.63, 3.8) is 0 Å². The first-order valence-corrected chi connectivity index (χ1v) is 6.76. The van der Waals surface area contributed by atoms with Gasteiger partial charge in [0.05, 0.1) is 6.10 Å². The largest absolute Gasteiger partial charge is 0.392 e. The Balaban J connectivity index is 1.46. The topological polar surface area (TPSA) is 32.3 Å². The minimum Gasteiger partial charge on any atom is -0.392 e. The van der Waals surface area contributed by atoms with Crippen molar-refractivity contribution < 1.29 is 5.11 Å². The minimum absolute atomic E-state index is 0.0657. The van der Waals surface area contributed by atoms with Gasteiger partial charge in [-0.2, -0.15) is 0 Å². The second kappa shape index (κ2) is 4.06. The third kappa shape index (κ3) is 2.36. The van der Waals surface area contributed by atoms with E-state index in [4.69, 9.17) is 0 Å². The van der Waals surface area contributed by atoms with Gasteiger partial charge in [0, 0.05) is 6.04 Å². The summed E-state index contributed by atoms with van der Waals surface area (Å²) in [6, 6.07) is 0.407. The quantitative estimate of drug-likeness (QED) is 0.725. The van der Waals surface area contributed by atoms with E-state index in [1.54, 1.807) is 0 Å². The summed E-state index contributed by atoms with van der Waals surface area (Å²) in [5, 5.41) is 13.4. The molecule has 3 aliphatic carbocycles. The minimum atomic E-state index is -0.0657. The molecule has 3 aliphatic rings. The molecule has 0 saturated heterocycles. The second-order valence-electron chi connectivity index (χ2n) is 5.85. The van der Waals surface area contributed by atoms with Gasteiger partial charge in [0.25, 0.3) is 0 Å². The maximum atomic E-state index is 9.75. The van der Waals surface area contributed by atoms with Crippen LogP contribution in [-0.2, 0) is 0 Å². The molecule has 0 aliphatic heterocycles. The first kappa shape index (κ1) is 10.1. The van der Waals surface area contributed by atoms with Gasteiger partial charge < -0.3 is 10.4 Å². The highest BCUT2D eigenvalue weighted by molar-refractivity contribution is 4.94. The Hall–Kier alpha value is -0.0800. The van der Waals surface area contributed by atoms with Crippen LogP contribution >= 0.6 is 0 Å². The first-order valence-electron chi connectivity index (χ1n) is 6.76. The van der Waals surface area contributed by atoms with Crippen molar-refractivity contribution in [3.05, 3.63) is 0 Å². The molecule has 3 saturated carbocycles. The van der Waals surface area contributed by atoms with E-state index >= 15 is 0 Å². The van der Waals surface area contributed by atoms with Gasteiger partial charge in [-0.05, 0) is 69.2 Å². The van der Waals surface area contributed by atoms with Crippen LogP contribution in [0, 0.1) is 17.8 Å². The molecule has 0 aromatic carbocycles. The lowest BCUT2D eigenvalue weighted by molar-refractivity contribution is 0.144. The molecule has 2 unspecified atom stereocenters. The Morgan fingerprint density at radius 2 is 1.67 bits per heavy atom. The zero-order chi connectivity index (χ0) is 10.3. The van der Waals surface area contributed by atoms with Crippen molar-refractivity contribution in [1.82, 2.24) is 5.32 Å². The Morgan fingerprint density at radius 3 is 2.13 bits per heavy atom. The van der Waals surface area contributed by atoms with E-state index < -0.39 is 0 Å². The number of aliphatic hydroxyl groups excluding tert-OH is 1. The zero-order valence-electron chi connectivity index (χ0n) is 9.49. The van der Waals surface area contributed by atoms with Gasteiger partial charge in [-0.25, -0.2) is 0 Å². The average molecular weight is 209 g/mol. The predicted octanol–water partition coefficient (Wildman–Crippen LogP) is 1.93. The van der Waals surface area contributed by atoms with Crippen LogP contribution in [0.25, 0.3) is 0 Å². The normalized spacial score (nSPS) is 36.4. The van der Waals surface area contributed by atoms with Crippen molar-refractivity contribution in [2.45, 2.75) is 57.1 Å². The summed E-state index contributed by atoms with van der Waals surface area (Å²) < 4.78 is 0.